The molecule has 5 N–H and O–H groups in total. The Labute approximate surface area is 206 Å². The van der Waals surface area contributed by atoms with Gasteiger partial charge in [0.15, 0.2) is 0 Å². The highest BCUT2D eigenvalue weighted by Crippen LogP contribution is 2.47. The summed E-state index contributed by atoms with van der Waals surface area (Å²) < 4.78 is 0.871. The van der Waals surface area contributed by atoms with Crippen LogP contribution >= 0.6 is 0 Å². The van der Waals surface area contributed by atoms with Crippen LogP contribution in [0.4, 0.5) is 22.9 Å². The first-order valence-corrected chi connectivity index (χ1v) is 12.2. The highest BCUT2D eigenvalue weighted by atomic mass is 16.5. The number of carbonyl (C=O) groups is 1. The first-order chi connectivity index (χ1) is 16.6. The van der Waals surface area contributed by atoms with Gasteiger partial charge in [-0.3, -0.25) is 14.7 Å². The van der Waals surface area contributed by atoms with Crippen molar-refractivity contribution in [3.63, 3.8) is 0 Å². The summed E-state index contributed by atoms with van der Waals surface area (Å²) in [7, 11) is 7.33. The van der Waals surface area contributed by atoms with E-state index in [2.05, 4.69) is 5.32 Å². The summed E-state index contributed by atoms with van der Waals surface area (Å²) in [6.07, 6.45) is 7.37. The number of hydrogen-bond donors (Lipinski definition) is 4. The molecule has 9 nitrogen and oxygen atoms in total. The van der Waals surface area contributed by atoms with Crippen LogP contribution in [0.1, 0.15) is 54.6 Å². The number of benzene rings is 1. The fourth-order valence-electron chi connectivity index (χ4n) is 4.86. The van der Waals surface area contributed by atoms with Crippen LogP contribution < -0.4 is 25.6 Å². The van der Waals surface area contributed by atoms with Crippen molar-refractivity contribution in [3.8, 4) is 0 Å². The Kier molecular flexibility index (Phi) is 6.89. The summed E-state index contributed by atoms with van der Waals surface area (Å²) in [6, 6.07) is 8.78. The third kappa shape index (κ3) is 5.35. The number of pyridine rings is 1. The lowest BCUT2D eigenvalue weighted by atomic mass is 9.79. The van der Waals surface area contributed by atoms with Gasteiger partial charge in [0.25, 0.3) is 5.91 Å². The smallest absolute Gasteiger partial charge is 0.316 e. The van der Waals surface area contributed by atoms with Gasteiger partial charge in [-0.2, -0.15) is 0 Å². The fourth-order valence-corrected chi connectivity index (χ4v) is 4.86. The number of aliphatic hydroxyl groups is 1. The van der Waals surface area contributed by atoms with Crippen LogP contribution in [0.2, 0.25) is 0 Å². The number of amides is 1. The van der Waals surface area contributed by atoms with Crippen LogP contribution in [0.15, 0.2) is 35.3 Å². The topological polar surface area (TPSA) is 118 Å². The fraction of sp³-hybridized carbons (Fsp3) is 0.500. The summed E-state index contributed by atoms with van der Waals surface area (Å²) >= 11 is 0. The quantitative estimate of drug-likeness (QED) is 0.209. The van der Waals surface area contributed by atoms with Crippen LogP contribution in [0.5, 0.6) is 0 Å². The Hall–Kier alpha value is -3.33. The molecule has 0 spiro atoms. The standard InChI is InChI=1S/C26H36N6O3/c1-30(2)23-15-20(27)17(16-28-19-10-12-26(34,13-11-19)18-8-9-18)14-21(23)29-25(33)22-6-5-7-24(31(3)4)32(22)35/h5-7,14-16,18-19,27,33-35H,8-13H2,1-4H3/p+1. The van der Waals surface area contributed by atoms with Gasteiger partial charge in [0.2, 0.25) is 5.69 Å². The van der Waals surface area contributed by atoms with E-state index in [-0.39, 0.29) is 11.7 Å². The van der Waals surface area contributed by atoms with Gasteiger partial charge in [0.1, 0.15) is 0 Å². The SMILES string of the molecule is CN(C)c1cc(N)c(C=NC2CCC(O)(C3CC3)CC2)cc1NC(=O)c1cccc(N(C)C)[n+]1O. The molecule has 0 atom stereocenters. The van der Waals surface area contributed by atoms with Crippen LogP contribution in [-0.2, 0) is 0 Å². The molecule has 4 rings (SSSR count). The van der Waals surface area contributed by atoms with E-state index < -0.39 is 11.5 Å². The van der Waals surface area contributed by atoms with Gasteiger partial charge in [-0.25, -0.2) is 0 Å². The molecule has 1 amide bonds. The number of aliphatic imine (C=N–C) groups is 1. The second kappa shape index (κ2) is 9.73. The van der Waals surface area contributed by atoms with Crippen LogP contribution in [0.25, 0.3) is 0 Å². The predicted molar refractivity (Wildman–Crippen MR) is 139 cm³/mol. The normalized spacial score (nSPS) is 22.3. The van der Waals surface area contributed by atoms with E-state index in [1.807, 2.05) is 31.1 Å². The van der Waals surface area contributed by atoms with E-state index in [0.717, 1.165) is 48.9 Å². The first-order valence-electron chi connectivity index (χ1n) is 12.2. The van der Waals surface area contributed by atoms with Gasteiger partial charge in [-0.05, 0) is 73.4 Å². The van der Waals surface area contributed by atoms with Gasteiger partial charge in [0.05, 0.1) is 37.1 Å². The van der Waals surface area contributed by atoms with Crippen LogP contribution in [0, 0.1) is 5.92 Å². The summed E-state index contributed by atoms with van der Waals surface area (Å²) in [4.78, 5) is 21.4. The maximum atomic E-state index is 13.1. The Morgan fingerprint density at radius 1 is 1.14 bits per heavy atom. The van der Waals surface area contributed by atoms with E-state index in [9.17, 15) is 15.1 Å². The molecule has 0 unspecified atom stereocenters. The van der Waals surface area contributed by atoms with Crippen LogP contribution in [0.3, 0.4) is 0 Å². The number of nitrogen functional groups attached to an aromatic ring is 1. The maximum Gasteiger partial charge on any atom is 0.316 e. The minimum absolute atomic E-state index is 0.110. The number of aromatic nitrogens is 1. The third-order valence-electron chi connectivity index (χ3n) is 7.15. The lowest BCUT2D eigenvalue weighted by molar-refractivity contribution is -0.895. The highest BCUT2D eigenvalue weighted by molar-refractivity contribution is 6.05. The van der Waals surface area contributed by atoms with Crippen molar-refractivity contribution in [2.75, 3.05) is 49.0 Å². The Morgan fingerprint density at radius 2 is 1.83 bits per heavy atom. The Bertz CT molecular complexity index is 1120. The molecular formula is C26H37N6O3+. The number of nitrogens with one attached hydrogen (secondary N) is 1. The van der Waals surface area contributed by atoms with E-state index in [1.165, 1.54) is 0 Å². The Morgan fingerprint density at radius 3 is 2.43 bits per heavy atom. The van der Waals surface area contributed by atoms with Crippen molar-refractivity contribution < 1.29 is 19.8 Å². The largest absolute Gasteiger partial charge is 0.398 e. The predicted octanol–water partition coefficient (Wildman–Crippen LogP) is 2.68. The molecule has 2 saturated carbocycles. The maximum absolute atomic E-state index is 13.1. The minimum Gasteiger partial charge on any atom is -0.398 e. The number of anilines is 4. The second-order valence-electron chi connectivity index (χ2n) is 10.2. The van der Waals surface area contributed by atoms with E-state index >= 15 is 0 Å². The lowest BCUT2D eigenvalue weighted by Crippen LogP contribution is -2.44. The molecule has 188 valence electrons. The van der Waals surface area contributed by atoms with E-state index in [4.69, 9.17) is 10.7 Å². The van der Waals surface area contributed by atoms with Gasteiger partial charge >= 0.3 is 5.82 Å². The van der Waals surface area contributed by atoms with Crippen molar-refractivity contribution in [2.24, 2.45) is 10.9 Å². The number of carbonyl (C=O) groups excluding carboxylic acids is 1. The molecule has 0 radical (unpaired) electrons. The summed E-state index contributed by atoms with van der Waals surface area (Å²) in [6.45, 7) is 0. The molecule has 0 saturated heterocycles. The Balaban J connectivity index is 1.54. The van der Waals surface area contributed by atoms with Gasteiger partial charge in [-0.15, -0.1) is 0 Å². The van der Waals surface area contributed by atoms with Crippen molar-refractivity contribution in [1.29, 1.82) is 0 Å². The van der Waals surface area contributed by atoms with Gasteiger partial charge in [-0.1, -0.05) is 0 Å². The number of nitrogens with zero attached hydrogens (tertiary/aromatic N) is 4. The molecule has 0 aliphatic heterocycles. The molecule has 9 heteroatoms. The zero-order valence-electron chi connectivity index (χ0n) is 21.0. The monoisotopic (exact) mass is 481 g/mol. The molecule has 2 aliphatic carbocycles. The molecule has 2 aliphatic rings. The van der Waals surface area contributed by atoms with Crippen molar-refractivity contribution in [3.05, 3.63) is 41.6 Å². The average molecular weight is 482 g/mol. The van der Waals surface area contributed by atoms with Gasteiger partial charge < -0.3 is 26.3 Å². The summed E-state index contributed by atoms with van der Waals surface area (Å²) in [5, 5.41) is 24.2. The first kappa shape index (κ1) is 24.8. The third-order valence-corrected chi connectivity index (χ3v) is 7.15. The van der Waals surface area contributed by atoms with Crippen molar-refractivity contribution >= 4 is 35.0 Å². The van der Waals surface area contributed by atoms with Crippen molar-refractivity contribution in [1.82, 2.24) is 0 Å². The molecule has 1 aromatic heterocycles. The number of hydrogen-bond acceptors (Lipinski definition) is 7. The highest BCUT2D eigenvalue weighted by Gasteiger charge is 2.45. The molecule has 1 heterocycles. The average Bonchev–Trinajstić information content (AvgIpc) is 3.66. The van der Waals surface area contributed by atoms with Crippen LogP contribution in [-0.4, -0.2) is 62.3 Å². The molecule has 1 aromatic carbocycles. The number of rotatable bonds is 7. The number of nitrogens with two attached hydrogens (primary N) is 1. The van der Waals surface area contributed by atoms with Crippen molar-refractivity contribution in [2.45, 2.75) is 50.2 Å². The zero-order valence-corrected chi connectivity index (χ0v) is 21.0. The minimum atomic E-state index is -0.497. The zero-order chi connectivity index (χ0) is 25.3. The van der Waals surface area contributed by atoms with Gasteiger partial charge in [0, 0.05) is 37.6 Å². The van der Waals surface area contributed by atoms with E-state index in [0.29, 0.717) is 28.7 Å². The summed E-state index contributed by atoms with van der Waals surface area (Å²) in [5.74, 6) is 0.513. The summed E-state index contributed by atoms with van der Waals surface area (Å²) in [5.41, 5.74) is 8.54. The second-order valence-corrected chi connectivity index (χ2v) is 10.2. The lowest BCUT2D eigenvalue weighted by Gasteiger charge is -2.35. The molecular weight excluding hydrogens is 444 g/mol. The molecule has 35 heavy (non-hydrogen) atoms. The molecule has 2 aromatic rings. The van der Waals surface area contributed by atoms with E-state index in [1.54, 1.807) is 43.4 Å². The molecule has 0 bridgehead atoms. The molecule has 2 fully saturated rings.